The van der Waals surface area contributed by atoms with Crippen LogP contribution in [0.3, 0.4) is 0 Å². The van der Waals surface area contributed by atoms with E-state index in [1.165, 1.54) is 11.3 Å². The Hall–Kier alpha value is -2.87. The van der Waals surface area contributed by atoms with Crippen LogP contribution >= 0.6 is 11.3 Å². The molecule has 0 atom stereocenters. The molecule has 8 heteroatoms. The van der Waals surface area contributed by atoms with Gasteiger partial charge in [-0.25, -0.2) is 0 Å². The number of nitrogens with one attached hydrogen (secondary N) is 1. The molecule has 0 unspecified atom stereocenters. The first-order chi connectivity index (χ1) is 13.5. The van der Waals surface area contributed by atoms with Crippen molar-refractivity contribution in [3.63, 3.8) is 0 Å². The predicted molar refractivity (Wildman–Crippen MR) is 106 cm³/mol. The van der Waals surface area contributed by atoms with Crippen LogP contribution in [-0.2, 0) is 27.2 Å². The topological polar surface area (TPSA) is 108 Å². The molecule has 0 radical (unpaired) electrons. The average molecular weight is 402 g/mol. The van der Waals surface area contributed by atoms with Gasteiger partial charge < -0.3 is 20.5 Å². The molecule has 2 aromatic rings. The summed E-state index contributed by atoms with van der Waals surface area (Å²) in [6.45, 7) is -0.0207. The summed E-state index contributed by atoms with van der Waals surface area (Å²) in [5.74, 6) is -0.777. The van der Waals surface area contributed by atoms with Gasteiger partial charge in [-0.05, 0) is 43.4 Å². The minimum absolute atomic E-state index is 0.153. The Morgan fingerprint density at radius 2 is 1.93 bits per heavy atom. The Labute approximate surface area is 166 Å². The molecule has 0 aliphatic heterocycles. The number of anilines is 1. The number of amides is 2. The summed E-state index contributed by atoms with van der Waals surface area (Å²) in [5.41, 5.74) is 6.78. The molecular formula is C20H22N2O5S. The fraction of sp³-hybridized carbons (Fsp3) is 0.350. The van der Waals surface area contributed by atoms with Crippen LogP contribution in [0.25, 0.3) is 0 Å². The van der Waals surface area contributed by atoms with Gasteiger partial charge in [0.1, 0.15) is 10.8 Å². The Bertz CT molecular complexity index is 863. The normalized spacial score (nSPS) is 12.3. The molecule has 1 heterocycles. The summed E-state index contributed by atoms with van der Waals surface area (Å²) >= 11 is 1.36. The third-order valence-electron chi connectivity index (χ3n) is 4.32. The van der Waals surface area contributed by atoms with Crippen LogP contribution in [-0.4, -0.2) is 31.0 Å². The zero-order valence-corrected chi connectivity index (χ0v) is 16.2. The molecule has 1 aliphatic rings. The summed E-state index contributed by atoms with van der Waals surface area (Å²) in [6.07, 6.45) is 3.30. The Morgan fingerprint density at radius 3 is 2.68 bits per heavy atom. The smallest absolute Gasteiger partial charge is 0.306 e. The summed E-state index contributed by atoms with van der Waals surface area (Å²) in [6, 6.07) is 9.31. The number of benzene rings is 1. The molecule has 0 saturated heterocycles. The van der Waals surface area contributed by atoms with Gasteiger partial charge in [-0.1, -0.05) is 18.2 Å². The van der Waals surface area contributed by atoms with E-state index in [4.69, 9.17) is 15.2 Å². The van der Waals surface area contributed by atoms with Gasteiger partial charge in [0.15, 0.2) is 6.61 Å². The fourth-order valence-corrected chi connectivity index (χ4v) is 4.37. The number of rotatable bonds is 9. The van der Waals surface area contributed by atoms with Crippen LogP contribution in [0.15, 0.2) is 30.3 Å². The van der Waals surface area contributed by atoms with Crippen molar-refractivity contribution in [2.24, 2.45) is 5.73 Å². The Balaban J connectivity index is 1.40. The lowest BCUT2D eigenvalue weighted by Crippen LogP contribution is -2.22. The summed E-state index contributed by atoms with van der Waals surface area (Å²) in [7, 11) is 0. The standard InChI is InChI=1S/C20H22N2O5S/c21-19(25)18-14-8-4-9-15(14)28-20(18)22-16(23)12-27-17(24)10-5-11-26-13-6-2-1-3-7-13/h1-3,6-7H,4-5,8-12H2,(H2,21,25)(H,22,23). The van der Waals surface area contributed by atoms with Crippen molar-refractivity contribution >= 4 is 34.1 Å². The van der Waals surface area contributed by atoms with Crippen LogP contribution in [0.2, 0.25) is 0 Å². The summed E-state index contributed by atoms with van der Waals surface area (Å²) < 4.78 is 10.5. The second kappa shape index (κ2) is 9.36. The first-order valence-electron chi connectivity index (χ1n) is 9.12. The van der Waals surface area contributed by atoms with Crippen LogP contribution in [0.5, 0.6) is 5.75 Å². The van der Waals surface area contributed by atoms with Crippen molar-refractivity contribution in [1.82, 2.24) is 0 Å². The number of hydrogen-bond donors (Lipinski definition) is 2. The van der Waals surface area contributed by atoms with Crippen molar-refractivity contribution in [3.8, 4) is 5.75 Å². The maximum Gasteiger partial charge on any atom is 0.306 e. The fourth-order valence-electron chi connectivity index (χ4n) is 3.06. The van der Waals surface area contributed by atoms with Crippen LogP contribution in [0.1, 0.15) is 40.1 Å². The van der Waals surface area contributed by atoms with E-state index in [0.29, 0.717) is 23.6 Å². The van der Waals surface area contributed by atoms with Crippen LogP contribution in [0, 0.1) is 0 Å². The van der Waals surface area contributed by atoms with Gasteiger partial charge in [0.25, 0.3) is 11.8 Å². The van der Waals surface area contributed by atoms with Crippen molar-refractivity contribution in [3.05, 3.63) is 46.3 Å². The van der Waals surface area contributed by atoms with Gasteiger partial charge in [-0.2, -0.15) is 0 Å². The van der Waals surface area contributed by atoms with Gasteiger partial charge >= 0.3 is 5.97 Å². The molecule has 7 nitrogen and oxygen atoms in total. The molecule has 0 bridgehead atoms. The van der Waals surface area contributed by atoms with Crippen LogP contribution < -0.4 is 15.8 Å². The van der Waals surface area contributed by atoms with E-state index in [1.54, 1.807) is 0 Å². The molecule has 3 N–H and O–H groups in total. The van der Waals surface area contributed by atoms with Crippen molar-refractivity contribution in [2.75, 3.05) is 18.5 Å². The highest BCUT2D eigenvalue weighted by Gasteiger charge is 2.26. The lowest BCUT2D eigenvalue weighted by molar-refractivity contribution is -0.147. The third kappa shape index (κ3) is 5.10. The van der Waals surface area contributed by atoms with Gasteiger partial charge in [0, 0.05) is 11.3 Å². The number of esters is 1. The molecule has 0 saturated carbocycles. The van der Waals surface area contributed by atoms with E-state index < -0.39 is 24.4 Å². The summed E-state index contributed by atoms with van der Waals surface area (Å²) in [4.78, 5) is 36.6. The van der Waals surface area contributed by atoms with E-state index >= 15 is 0 Å². The highest BCUT2D eigenvalue weighted by Crippen LogP contribution is 2.38. The monoisotopic (exact) mass is 402 g/mol. The molecule has 1 aromatic carbocycles. The zero-order chi connectivity index (χ0) is 19.9. The minimum atomic E-state index is -0.551. The first-order valence-corrected chi connectivity index (χ1v) is 9.94. The number of nitrogens with two attached hydrogens (primary N) is 1. The molecule has 3 rings (SSSR count). The van der Waals surface area contributed by atoms with E-state index in [0.717, 1.165) is 35.5 Å². The van der Waals surface area contributed by atoms with E-state index in [9.17, 15) is 14.4 Å². The minimum Gasteiger partial charge on any atom is -0.494 e. The largest absolute Gasteiger partial charge is 0.494 e. The number of thiophene rings is 1. The zero-order valence-electron chi connectivity index (χ0n) is 15.4. The molecule has 28 heavy (non-hydrogen) atoms. The van der Waals surface area contributed by atoms with Gasteiger partial charge in [-0.3, -0.25) is 14.4 Å². The summed E-state index contributed by atoms with van der Waals surface area (Å²) in [5, 5.41) is 3.08. The number of carbonyl (C=O) groups excluding carboxylic acids is 3. The molecule has 0 spiro atoms. The van der Waals surface area contributed by atoms with E-state index in [1.807, 2.05) is 30.3 Å². The number of ether oxygens (including phenoxy) is 2. The second-order valence-electron chi connectivity index (χ2n) is 6.40. The molecule has 0 fully saturated rings. The Kier molecular flexibility index (Phi) is 6.65. The molecule has 1 aliphatic carbocycles. The highest BCUT2D eigenvalue weighted by molar-refractivity contribution is 7.17. The molecular weight excluding hydrogens is 380 g/mol. The van der Waals surface area contributed by atoms with E-state index in [-0.39, 0.29) is 6.42 Å². The highest BCUT2D eigenvalue weighted by atomic mass is 32.1. The lowest BCUT2D eigenvalue weighted by atomic mass is 10.1. The number of primary amides is 1. The van der Waals surface area contributed by atoms with Crippen molar-refractivity contribution < 1.29 is 23.9 Å². The SMILES string of the molecule is NC(=O)c1c(NC(=O)COC(=O)CCCOc2ccccc2)sc2c1CCC2. The first kappa shape index (κ1) is 19.9. The molecule has 148 valence electrons. The Morgan fingerprint density at radius 1 is 1.14 bits per heavy atom. The molecule has 1 aromatic heterocycles. The quantitative estimate of drug-likeness (QED) is 0.495. The average Bonchev–Trinajstić information content (AvgIpc) is 3.25. The van der Waals surface area contributed by atoms with Crippen molar-refractivity contribution in [2.45, 2.75) is 32.1 Å². The number of fused-ring (bicyclic) bond motifs is 1. The number of carbonyl (C=O) groups is 3. The number of hydrogen-bond acceptors (Lipinski definition) is 6. The van der Waals surface area contributed by atoms with Gasteiger partial charge in [0.05, 0.1) is 12.2 Å². The lowest BCUT2D eigenvalue weighted by Gasteiger charge is -2.08. The van der Waals surface area contributed by atoms with Gasteiger partial charge in [-0.15, -0.1) is 11.3 Å². The third-order valence-corrected chi connectivity index (χ3v) is 5.53. The second-order valence-corrected chi connectivity index (χ2v) is 7.50. The maximum atomic E-state index is 12.1. The molecule has 2 amide bonds. The van der Waals surface area contributed by atoms with Crippen molar-refractivity contribution in [1.29, 1.82) is 0 Å². The predicted octanol–water partition coefficient (Wildman–Crippen LogP) is 2.68. The van der Waals surface area contributed by atoms with Gasteiger partial charge in [0.2, 0.25) is 0 Å². The number of para-hydroxylation sites is 1. The van der Waals surface area contributed by atoms with Crippen LogP contribution in [0.4, 0.5) is 5.00 Å². The number of aryl methyl sites for hydroxylation is 1. The maximum absolute atomic E-state index is 12.1. The van der Waals surface area contributed by atoms with E-state index in [2.05, 4.69) is 5.32 Å².